The van der Waals surface area contributed by atoms with E-state index < -0.39 is 0 Å². The fourth-order valence-corrected chi connectivity index (χ4v) is 2.51. The molecule has 1 fully saturated rings. The second kappa shape index (κ2) is 9.70. The third-order valence-corrected chi connectivity index (χ3v) is 3.62. The fourth-order valence-electron chi connectivity index (χ4n) is 2.51. The maximum absolute atomic E-state index is 6.13. The van der Waals surface area contributed by atoms with Crippen molar-refractivity contribution in [3.63, 3.8) is 0 Å². The van der Waals surface area contributed by atoms with E-state index in [4.69, 9.17) is 14.2 Å². The molecule has 0 radical (unpaired) electrons. The fraction of sp³-hybridized carbons (Fsp3) is 1.00. The molecule has 0 aromatic rings. The minimum atomic E-state index is 0.0557. The van der Waals surface area contributed by atoms with Crippen molar-refractivity contribution in [1.82, 2.24) is 5.32 Å². The van der Waals surface area contributed by atoms with Crippen LogP contribution in [0.1, 0.15) is 46.0 Å². The lowest BCUT2D eigenvalue weighted by Crippen LogP contribution is -2.43. The minimum Gasteiger partial charge on any atom is -0.385 e. The molecule has 1 aliphatic carbocycles. The zero-order valence-electron chi connectivity index (χ0n) is 12.9. The minimum absolute atomic E-state index is 0.0557. The molecule has 0 spiro atoms. The Hall–Kier alpha value is -0.160. The molecule has 114 valence electrons. The molecule has 1 N–H and O–H groups in total. The van der Waals surface area contributed by atoms with Crippen LogP contribution >= 0.6 is 0 Å². The molecule has 19 heavy (non-hydrogen) atoms. The van der Waals surface area contributed by atoms with Crippen molar-refractivity contribution < 1.29 is 14.2 Å². The molecule has 0 aromatic heterocycles. The highest BCUT2D eigenvalue weighted by Gasteiger charge is 2.34. The Bertz CT molecular complexity index is 215. The van der Waals surface area contributed by atoms with Crippen molar-refractivity contribution in [3.8, 4) is 0 Å². The molecule has 4 heteroatoms. The summed E-state index contributed by atoms with van der Waals surface area (Å²) in [6, 6.07) is 0.520. The highest BCUT2D eigenvalue weighted by molar-refractivity contribution is 4.89. The SMILES string of the molecule is COCCCOCCOC1(CNC(C)C)CCCC1. The van der Waals surface area contributed by atoms with Crippen LogP contribution in [0.2, 0.25) is 0 Å². The number of ether oxygens (including phenoxy) is 3. The van der Waals surface area contributed by atoms with E-state index in [1.165, 1.54) is 25.7 Å². The van der Waals surface area contributed by atoms with Crippen molar-refractivity contribution in [2.75, 3.05) is 40.1 Å². The second-order valence-electron chi connectivity index (χ2n) is 5.73. The zero-order valence-corrected chi connectivity index (χ0v) is 12.9. The quantitative estimate of drug-likeness (QED) is 0.587. The molecule has 0 atom stereocenters. The normalized spacial score (nSPS) is 18.3. The smallest absolute Gasteiger partial charge is 0.0807 e. The van der Waals surface area contributed by atoms with Crippen LogP contribution in [0.4, 0.5) is 0 Å². The summed E-state index contributed by atoms with van der Waals surface area (Å²) in [6.07, 6.45) is 5.88. The van der Waals surface area contributed by atoms with Gasteiger partial charge in [0.15, 0.2) is 0 Å². The van der Waals surface area contributed by atoms with Crippen LogP contribution in [-0.2, 0) is 14.2 Å². The van der Waals surface area contributed by atoms with Gasteiger partial charge in [0.2, 0.25) is 0 Å². The number of rotatable bonds is 11. The summed E-state index contributed by atoms with van der Waals surface area (Å²) in [6.45, 7) is 8.24. The van der Waals surface area contributed by atoms with Crippen molar-refractivity contribution >= 4 is 0 Å². The van der Waals surface area contributed by atoms with Gasteiger partial charge in [-0.2, -0.15) is 0 Å². The van der Waals surface area contributed by atoms with Gasteiger partial charge in [-0.3, -0.25) is 0 Å². The van der Waals surface area contributed by atoms with E-state index in [-0.39, 0.29) is 5.60 Å². The lowest BCUT2D eigenvalue weighted by molar-refractivity contribution is -0.0642. The summed E-state index contributed by atoms with van der Waals surface area (Å²) in [5.41, 5.74) is 0.0557. The maximum atomic E-state index is 6.13. The van der Waals surface area contributed by atoms with E-state index in [2.05, 4.69) is 19.2 Å². The first-order valence-corrected chi connectivity index (χ1v) is 7.62. The van der Waals surface area contributed by atoms with Crippen molar-refractivity contribution in [1.29, 1.82) is 0 Å². The molecule has 0 aliphatic heterocycles. The molecule has 4 nitrogen and oxygen atoms in total. The van der Waals surface area contributed by atoms with Gasteiger partial charge in [-0.25, -0.2) is 0 Å². The van der Waals surface area contributed by atoms with E-state index in [1.54, 1.807) is 7.11 Å². The third kappa shape index (κ3) is 7.25. The highest BCUT2D eigenvalue weighted by atomic mass is 16.5. The van der Waals surface area contributed by atoms with Crippen molar-refractivity contribution in [3.05, 3.63) is 0 Å². The molecule has 0 unspecified atom stereocenters. The lowest BCUT2D eigenvalue weighted by Gasteiger charge is -2.30. The van der Waals surface area contributed by atoms with Crippen LogP contribution in [0.15, 0.2) is 0 Å². The third-order valence-electron chi connectivity index (χ3n) is 3.62. The molecule has 0 amide bonds. The van der Waals surface area contributed by atoms with E-state index >= 15 is 0 Å². The van der Waals surface area contributed by atoms with Crippen molar-refractivity contribution in [2.24, 2.45) is 0 Å². The zero-order chi connectivity index (χ0) is 14.0. The van der Waals surface area contributed by atoms with Crippen molar-refractivity contribution in [2.45, 2.75) is 57.6 Å². The predicted molar refractivity (Wildman–Crippen MR) is 77.6 cm³/mol. The second-order valence-corrected chi connectivity index (χ2v) is 5.73. The average Bonchev–Trinajstić information content (AvgIpc) is 2.85. The molecule has 0 bridgehead atoms. The van der Waals surface area contributed by atoms with Crippen LogP contribution in [0.3, 0.4) is 0 Å². The Labute approximate surface area is 118 Å². The first-order chi connectivity index (χ1) is 9.18. The van der Waals surface area contributed by atoms with Gasteiger partial charge in [-0.15, -0.1) is 0 Å². The first-order valence-electron chi connectivity index (χ1n) is 7.62. The van der Waals surface area contributed by atoms with Crippen LogP contribution < -0.4 is 5.32 Å². The van der Waals surface area contributed by atoms with E-state index in [9.17, 15) is 0 Å². The van der Waals surface area contributed by atoms with Crippen LogP contribution in [0, 0.1) is 0 Å². The molecule has 1 rings (SSSR count). The van der Waals surface area contributed by atoms with E-state index in [1.807, 2.05) is 0 Å². The Morgan fingerprint density at radius 1 is 1.05 bits per heavy atom. The first kappa shape index (κ1) is 16.9. The van der Waals surface area contributed by atoms with Crippen LogP contribution in [0.5, 0.6) is 0 Å². The molecule has 1 saturated carbocycles. The Balaban J connectivity index is 2.12. The monoisotopic (exact) mass is 273 g/mol. The summed E-state index contributed by atoms with van der Waals surface area (Å²) >= 11 is 0. The average molecular weight is 273 g/mol. The molecule has 1 aliphatic rings. The topological polar surface area (TPSA) is 39.7 Å². The van der Waals surface area contributed by atoms with Gasteiger partial charge in [-0.05, 0) is 19.3 Å². The number of methoxy groups -OCH3 is 1. The Morgan fingerprint density at radius 2 is 1.79 bits per heavy atom. The van der Waals surface area contributed by atoms with Gasteiger partial charge in [0.1, 0.15) is 0 Å². The largest absolute Gasteiger partial charge is 0.385 e. The standard InChI is InChI=1S/C15H31NO3/c1-14(2)16-13-15(7-4-5-8-15)19-12-11-18-10-6-9-17-3/h14,16H,4-13H2,1-3H3. The van der Waals surface area contributed by atoms with Crippen LogP contribution in [0.25, 0.3) is 0 Å². The molecular weight excluding hydrogens is 242 g/mol. The van der Waals surface area contributed by atoms with E-state index in [0.29, 0.717) is 19.3 Å². The van der Waals surface area contributed by atoms with Gasteiger partial charge in [0.05, 0.1) is 18.8 Å². The predicted octanol–water partition coefficient (Wildman–Crippen LogP) is 2.37. The summed E-state index contributed by atoms with van der Waals surface area (Å²) in [7, 11) is 1.72. The lowest BCUT2D eigenvalue weighted by atomic mass is 10.0. The van der Waals surface area contributed by atoms with E-state index in [0.717, 1.165) is 26.2 Å². The van der Waals surface area contributed by atoms with Gasteiger partial charge in [0, 0.05) is 32.9 Å². The number of hydrogen-bond donors (Lipinski definition) is 1. The Morgan fingerprint density at radius 3 is 2.42 bits per heavy atom. The molecule has 0 saturated heterocycles. The summed E-state index contributed by atoms with van der Waals surface area (Å²) in [4.78, 5) is 0. The molecule has 0 aromatic carbocycles. The summed E-state index contributed by atoms with van der Waals surface area (Å²) in [5, 5.41) is 3.51. The van der Waals surface area contributed by atoms with Gasteiger partial charge in [-0.1, -0.05) is 26.7 Å². The number of nitrogens with one attached hydrogen (secondary N) is 1. The van der Waals surface area contributed by atoms with Crippen LogP contribution in [-0.4, -0.2) is 51.7 Å². The van der Waals surface area contributed by atoms with Gasteiger partial charge >= 0.3 is 0 Å². The van der Waals surface area contributed by atoms with Gasteiger partial charge < -0.3 is 19.5 Å². The molecular formula is C15H31NO3. The number of hydrogen-bond acceptors (Lipinski definition) is 4. The van der Waals surface area contributed by atoms with Gasteiger partial charge in [0.25, 0.3) is 0 Å². The summed E-state index contributed by atoms with van der Waals surface area (Å²) < 4.78 is 16.6. The maximum Gasteiger partial charge on any atom is 0.0807 e. The highest BCUT2D eigenvalue weighted by Crippen LogP contribution is 2.32. The summed E-state index contributed by atoms with van der Waals surface area (Å²) in [5.74, 6) is 0. The Kier molecular flexibility index (Phi) is 8.62. The molecule has 0 heterocycles.